The van der Waals surface area contributed by atoms with Gasteiger partial charge in [0.2, 0.25) is 0 Å². The van der Waals surface area contributed by atoms with Crippen LogP contribution in [0.5, 0.6) is 0 Å². The molecule has 0 atom stereocenters. The van der Waals surface area contributed by atoms with Gasteiger partial charge in [0.1, 0.15) is 11.3 Å². The molecule has 4 aromatic carbocycles. The fourth-order valence-electron chi connectivity index (χ4n) is 4.67. The monoisotopic (exact) mass is 502 g/mol. The Labute approximate surface area is 225 Å². The minimum atomic E-state index is 0.622. The molecule has 0 radical (unpaired) electrons. The van der Waals surface area contributed by atoms with Gasteiger partial charge in [-0.05, 0) is 30.3 Å². The molecule has 0 aliphatic rings. The van der Waals surface area contributed by atoms with E-state index in [0.717, 1.165) is 44.8 Å². The van der Waals surface area contributed by atoms with Crippen molar-refractivity contribution in [2.75, 3.05) is 0 Å². The normalized spacial score (nSPS) is 11.1. The van der Waals surface area contributed by atoms with Crippen LogP contribution in [0.3, 0.4) is 0 Å². The van der Waals surface area contributed by atoms with Crippen LogP contribution in [0.25, 0.3) is 62.3 Å². The molecule has 0 aliphatic heterocycles. The molecule has 0 unspecified atom stereocenters. The Balaban J connectivity index is 1.35. The Morgan fingerprint density at radius 3 is 1.46 bits per heavy atom. The zero-order chi connectivity index (χ0) is 26.0. The van der Waals surface area contributed by atoms with E-state index in [1.54, 1.807) is 12.4 Å². The fraction of sp³-hybridized carbons (Fsp3) is 0. The maximum Gasteiger partial charge on any atom is 0.164 e. The summed E-state index contributed by atoms with van der Waals surface area (Å²) in [5.41, 5.74) is 6.67. The summed E-state index contributed by atoms with van der Waals surface area (Å²) >= 11 is 0. The van der Waals surface area contributed by atoms with Crippen LogP contribution in [0, 0.1) is 0 Å². The van der Waals surface area contributed by atoms with Crippen LogP contribution in [0.15, 0.2) is 134 Å². The molecular weight excluding hydrogens is 480 g/mol. The lowest BCUT2D eigenvalue weighted by Gasteiger charge is -2.11. The summed E-state index contributed by atoms with van der Waals surface area (Å²) in [7, 11) is 0. The first kappa shape index (κ1) is 22.7. The first-order chi connectivity index (χ1) is 19.3. The second-order valence-corrected chi connectivity index (χ2v) is 9.09. The number of fused-ring (bicyclic) bond motifs is 1. The summed E-state index contributed by atoms with van der Waals surface area (Å²) in [4.78, 5) is 23.7. The number of rotatable bonds is 5. The van der Waals surface area contributed by atoms with Gasteiger partial charge in [0.25, 0.3) is 0 Å². The number of pyridine rings is 1. The topological polar surface area (TPSA) is 69.4 Å². The van der Waals surface area contributed by atoms with Gasteiger partial charge < -0.3 is 0 Å². The molecule has 0 saturated heterocycles. The lowest BCUT2D eigenvalue weighted by atomic mass is 10.1. The number of nitrogens with zero attached hydrogens (tertiary/aromatic N) is 6. The molecule has 6 heteroatoms. The van der Waals surface area contributed by atoms with Crippen LogP contribution < -0.4 is 0 Å². The molecule has 7 aromatic rings. The SMILES string of the molecule is c1ccc(-c2nc(-c3ccccc3)nc(-c3ccc(-n4c(-c5ccccc5)nc5cnccc54)cc3)n2)cc1. The van der Waals surface area contributed by atoms with Crippen LogP contribution in [0.1, 0.15) is 0 Å². The summed E-state index contributed by atoms with van der Waals surface area (Å²) in [6, 6.07) is 40.5. The maximum absolute atomic E-state index is 4.90. The first-order valence-electron chi connectivity index (χ1n) is 12.7. The summed E-state index contributed by atoms with van der Waals surface area (Å²) < 4.78 is 2.16. The number of aromatic nitrogens is 6. The second kappa shape index (κ2) is 9.76. The fourth-order valence-corrected chi connectivity index (χ4v) is 4.67. The van der Waals surface area contributed by atoms with Gasteiger partial charge in [-0.15, -0.1) is 0 Å². The molecule has 0 bridgehead atoms. The second-order valence-electron chi connectivity index (χ2n) is 9.09. The lowest BCUT2D eigenvalue weighted by molar-refractivity contribution is 1.07. The third-order valence-electron chi connectivity index (χ3n) is 6.57. The van der Waals surface area contributed by atoms with Crippen molar-refractivity contribution in [1.82, 2.24) is 29.5 Å². The van der Waals surface area contributed by atoms with Crippen LogP contribution in [-0.2, 0) is 0 Å². The van der Waals surface area contributed by atoms with Gasteiger partial charge in [0, 0.05) is 34.1 Å². The highest BCUT2D eigenvalue weighted by molar-refractivity contribution is 5.82. The van der Waals surface area contributed by atoms with Crippen molar-refractivity contribution in [1.29, 1.82) is 0 Å². The first-order valence-corrected chi connectivity index (χ1v) is 12.7. The minimum absolute atomic E-state index is 0.622. The Kier molecular flexibility index (Phi) is 5.68. The minimum Gasteiger partial charge on any atom is -0.292 e. The van der Waals surface area contributed by atoms with Gasteiger partial charge in [-0.25, -0.2) is 19.9 Å². The van der Waals surface area contributed by atoms with E-state index in [4.69, 9.17) is 19.9 Å². The van der Waals surface area contributed by atoms with E-state index >= 15 is 0 Å². The van der Waals surface area contributed by atoms with Crippen molar-refractivity contribution in [2.45, 2.75) is 0 Å². The molecule has 3 aromatic heterocycles. The van der Waals surface area contributed by atoms with Crippen molar-refractivity contribution in [3.63, 3.8) is 0 Å². The summed E-state index contributed by atoms with van der Waals surface area (Å²) in [6.45, 7) is 0. The maximum atomic E-state index is 4.90. The van der Waals surface area contributed by atoms with E-state index in [2.05, 4.69) is 45.9 Å². The van der Waals surface area contributed by atoms with Crippen molar-refractivity contribution in [2.24, 2.45) is 0 Å². The molecule has 39 heavy (non-hydrogen) atoms. The number of hydrogen-bond donors (Lipinski definition) is 0. The molecule has 184 valence electrons. The van der Waals surface area contributed by atoms with Gasteiger partial charge in [0.15, 0.2) is 17.5 Å². The molecule has 6 nitrogen and oxygen atoms in total. The molecule has 0 amide bonds. The average Bonchev–Trinajstić information content (AvgIpc) is 3.42. The predicted molar refractivity (Wildman–Crippen MR) is 154 cm³/mol. The molecule has 7 rings (SSSR count). The van der Waals surface area contributed by atoms with Crippen molar-refractivity contribution in [3.05, 3.63) is 134 Å². The highest BCUT2D eigenvalue weighted by Crippen LogP contribution is 2.30. The Morgan fingerprint density at radius 2 is 0.923 bits per heavy atom. The molecule has 0 aliphatic carbocycles. The summed E-state index contributed by atoms with van der Waals surface area (Å²) in [5.74, 6) is 2.77. The summed E-state index contributed by atoms with van der Waals surface area (Å²) in [6.07, 6.45) is 3.60. The standard InChI is InChI=1S/C33H22N6/c1-4-10-23(11-5-1)30-36-31(24-12-6-2-7-13-24)38-32(37-30)25-16-18-27(19-17-25)39-29-20-21-34-22-28(29)35-33(39)26-14-8-3-9-15-26/h1-22H. The van der Waals surface area contributed by atoms with E-state index in [9.17, 15) is 0 Å². The van der Waals surface area contributed by atoms with Crippen LogP contribution in [0.2, 0.25) is 0 Å². The van der Waals surface area contributed by atoms with Gasteiger partial charge in [-0.3, -0.25) is 9.55 Å². The number of benzene rings is 4. The van der Waals surface area contributed by atoms with Crippen LogP contribution in [0.4, 0.5) is 0 Å². The van der Waals surface area contributed by atoms with Gasteiger partial charge in [-0.1, -0.05) is 91.0 Å². The van der Waals surface area contributed by atoms with E-state index in [1.165, 1.54) is 0 Å². The van der Waals surface area contributed by atoms with Gasteiger partial charge in [-0.2, -0.15) is 0 Å². The average molecular weight is 503 g/mol. The van der Waals surface area contributed by atoms with Crippen molar-refractivity contribution in [3.8, 4) is 51.2 Å². The molecular formula is C33H22N6. The molecule has 0 saturated carbocycles. The molecule has 0 N–H and O–H groups in total. The van der Waals surface area contributed by atoms with Crippen molar-refractivity contribution >= 4 is 11.0 Å². The van der Waals surface area contributed by atoms with E-state index < -0.39 is 0 Å². The van der Waals surface area contributed by atoms with Crippen LogP contribution in [-0.4, -0.2) is 29.5 Å². The van der Waals surface area contributed by atoms with E-state index in [-0.39, 0.29) is 0 Å². The van der Waals surface area contributed by atoms with Crippen LogP contribution >= 0.6 is 0 Å². The van der Waals surface area contributed by atoms with Crippen molar-refractivity contribution < 1.29 is 0 Å². The quantitative estimate of drug-likeness (QED) is 0.247. The van der Waals surface area contributed by atoms with Gasteiger partial charge in [0.05, 0.1) is 11.7 Å². The Bertz CT molecular complexity index is 1820. The number of imidazole rings is 1. The van der Waals surface area contributed by atoms with Gasteiger partial charge >= 0.3 is 0 Å². The third-order valence-corrected chi connectivity index (χ3v) is 6.57. The Morgan fingerprint density at radius 1 is 0.436 bits per heavy atom. The highest BCUT2D eigenvalue weighted by Gasteiger charge is 2.16. The zero-order valence-corrected chi connectivity index (χ0v) is 20.9. The smallest absolute Gasteiger partial charge is 0.164 e. The lowest BCUT2D eigenvalue weighted by Crippen LogP contribution is -2.01. The number of hydrogen-bond acceptors (Lipinski definition) is 5. The largest absolute Gasteiger partial charge is 0.292 e. The Hall–Kier alpha value is -5.49. The summed E-state index contributed by atoms with van der Waals surface area (Å²) in [5, 5.41) is 0. The predicted octanol–water partition coefficient (Wildman–Crippen LogP) is 7.27. The highest BCUT2D eigenvalue weighted by atomic mass is 15.1. The van der Waals surface area contributed by atoms with E-state index in [0.29, 0.717) is 17.5 Å². The molecule has 0 spiro atoms. The zero-order valence-electron chi connectivity index (χ0n) is 20.9. The molecule has 3 heterocycles. The molecule has 0 fully saturated rings. The van der Waals surface area contributed by atoms with E-state index in [1.807, 2.05) is 84.9 Å². The third kappa shape index (κ3) is 4.34.